The van der Waals surface area contributed by atoms with E-state index in [9.17, 15) is 14.7 Å². The van der Waals surface area contributed by atoms with Crippen LogP contribution >= 0.6 is 0 Å². The maximum atomic E-state index is 11.8. The Morgan fingerprint density at radius 2 is 2.05 bits per heavy atom. The van der Waals surface area contributed by atoms with E-state index in [1.807, 2.05) is 6.92 Å². The van der Waals surface area contributed by atoms with Crippen LogP contribution in [0.4, 0.5) is 4.79 Å². The zero-order chi connectivity index (χ0) is 15.3. The summed E-state index contributed by atoms with van der Waals surface area (Å²) >= 11 is 0. The van der Waals surface area contributed by atoms with Crippen LogP contribution in [0.3, 0.4) is 0 Å². The number of hydrogen-bond donors (Lipinski definition) is 4. The molecule has 7 heteroatoms. The molecular weight excluding hydrogens is 272 g/mol. The number of aromatic amines is 1. The third-order valence-corrected chi connectivity index (χ3v) is 4.23. The molecule has 7 nitrogen and oxygen atoms in total. The lowest BCUT2D eigenvalue weighted by atomic mass is 9.74. The summed E-state index contributed by atoms with van der Waals surface area (Å²) in [6.07, 6.45) is 5.80. The number of carboxylic acid groups (broad SMARTS) is 1. The number of H-pyrrole nitrogens is 1. The SMILES string of the molecule is Cc1[nH]ncc1CNC(=O)NCC1(C(=O)O)CCCCC1. The van der Waals surface area contributed by atoms with Gasteiger partial charge in [-0.3, -0.25) is 9.89 Å². The summed E-state index contributed by atoms with van der Waals surface area (Å²) in [5.41, 5.74) is 1.02. The Morgan fingerprint density at radius 1 is 1.33 bits per heavy atom. The number of carbonyl (C=O) groups excluding carboxylic acids is 1. The van der Waals surface area contributed by atoms with Gasteiger partial charge in [0.1, 0.15) is 0 Å². The number of aromatic nitrogens is 2. The van der Waals surface area contributed by atoms with E-state index in [4.69, 9.17) is 0 Å². The van der Waals surface area contributed by atoms with Gasteiger partial charge in [-0.15, -0.1) is 0 Å². The number of carboxylic acids is 1. The van der Waals surface area contributed by atoms with Gasteiger partial charge >= 0.3 is 12.0 Å². The molecule has 0 unspecified atom stereocenters. The molecule has 0 aromatic carbocycles. The van der Waals surface area contributed by atoms with E-state index in [-0.39, 0.29) is 12.6 Å². The lowest BCUT2D eigenvalue weighted by molar-refractivity contribution is -0.150. The van der Waals surface area contributed by atoms with Crippen molar-refractivity contribution in [2.75, 3.05) is 6.54 Å². The predicted molar refractivity (Wildman–Crippen MR) is 76.7 cm³/mol. The van der Waals surface area contributed by atoms with Gasteiger partial charge in [-0.25, -0.2) is 4.79 Å². The molecule has 116 valence electrons. The Kier molecular flexibility index (Phi) is 4.82. The Morgan fingerprint density at radius 3 is 2.62 bits per heavy atom. The topological polar surface area (TPSA) is 107 Å². The molecule has 0 radical (unpaired) electrons. The van der Waals surface area contributed by atoms with Crippen LogP contribution in [0.25, 0.3) is 0 Å². The molecule has 1 aromatic rings. The molecule has 21 heavy (non-hydrogen) atoms. The van der Waals surface area contributed by atoms with Crippen molar-refractivity contribution < 1.29 is 14.7 Å². The second kappa shape index (κ2) is 6.60. The van der Waals surface area contributed by atoms with Crippen molar-refractivity contribution >= 4 is 12.0 Å². The molecule has 2 rings (SSSR count). The Labute approximate surface area is 123 Å². The second-order valence-electron chi connectivity index (χ2n) is 5.70. The number of carbonyl (C=O) groups is 2. The van der Waals surface area contributed by atoms with Gasteiger partial charge in [0.2, 0.25) is 0 Å². The number of urea groups is 1. The standard InChI is InChI=1S/C14H22N4O3/c1-10-11(8-17-18-10)7-15-13(21)16-9-14(12(19)20)5-3-2-4-6-14/h8H,2-7,9H2,1H3,(H,17,18)(H,19,20)(H2,15,16,21). The van der Waals surface area contributed by atoms with Gasteiger partial charge < -0.3 is 15.7 Å². The number of hydrogen-bond acceptors (Lipinski definition) is 3. The number of aryl methyl sites for hydroxylation is 1. The molecule has 2 amide bonds. The minimum atomic E-state index is -0.812. The second-order valence-corrected chi connectivity index (χ2v) is 5.70. The number of nitrogens with one attached hydrogen (secondary N) is 3. The Balaban J connectivity index is 1.82. The van der Waals surface area contributed by atoms with E-state index in [2.05, 4.69) is 20.8 Å². The van der Waals surface area contributed by atoms with Gasteiger partial charge in [-0.05, 0) is 19.8 Å². The van der Waals surface area contributed by atoms with Crippen molar-refractivity contribution in [3.8, 4) is 0 Å². The largest absolute Gasteiger partial charge is 0.481 e. The highest BCUT2D eigenvalue weighted by atomic mass is 16.4. The van der Waals surface area contributed by atoms with Crippen LogP contribution in [-0.2, 0) is 11.3 Å². The van der Waals surface area contributed by atoms with Gasteiger partial charge in [0, 0.05) is 24.3 Å². The van der Waals surface area contributed by atoms with E-state index in [0.717, 1.165) is 30.5 Å². The van der Waals surface area contributed by atoms with Crippen LogP contribution < -0.4 is 10.6 Å². The first-order valence-electron chi connectivity index (χ1n) is 7.27. The minimum Gasteiger partial charge on any atom is -0.481 e. The molecule has 0 spiro atoms. The highest BCUT2D eigenvalue weighted by Gasteiger charge is 2.39. The lowest BCUT2D eigenvalue weighted by Crippen LogP contribution is -2.47. The monoisotopic (exact) mass is 294 g/mol. The van der Waals surface area contributed by atoms with Crippen LogP contribution in [0.2, 0.25) is 0 Å². The normalized spacial score (nSPS) is 17.2. The van der Waals surface area contributed by atoms with Crippen molar-refractivity contribution in [2.24, 2.45) is 5.41 Å². The first-order valence-corrected chi connectivity index (χ1v) is 7.27. The number of amides is 2. The summed E-state index contributed by atoms with van der Waals surface area (Å²) in [4.78, 5) is 23.3. The summed E-state index contributed by atoms with van der Waals surface area (Å²) in [6, 6.07) is -0.346. The van der Waals surface area contributed by atoms with Crippen molar-refractivity contribution in [2.45, 2.75) is 45.6 Å². The fourth-order valence-corrected chi connectivity index (χ4v) is 2.74. The number of aliphatic carboxylic acids is 1. The average molecular weight is 294 g/mol. The molecular formula is C14H22N4O3. The first kappa shape index (κ1) is 15.3. The third-order valence-electron chi connectivity index (χ3n) is 4.23. The van der Waals surface area contributed by atoms with E-state index in [1.165, 1.54) is 0 Å². The number of rotatable bonds is 5. The summed E-state index contributed by atoms with van der Waals surface area (Å²) in [5.74, 6) is -0.812. The lowest BCUT2D eigenvalue weighted by Gasteiger charge is -2.33. The summed E-state index contributed by atoms with van der Waals surface area (Å²) in [7, 11) is 0. The zero-order valence-corrected chi connectivity index (χ0v) is 12.2. The molecule has 0 bridgehead atoms. The Bertz CT molecular complexity index is 506. The molecule has 1 aliphatic carbocycles. The maximum absolute atomic E-state index is 11.8. The fourth-order valence-electron chi connectivity index (χ4n) is 2.74. The maximum Gasteiger partial charge on any atom is 0.315 e. The molecule has 1 aromatic heterocycles. The molecule has 1 heterocycles. The summed E-state index contributed by atoms with van der Waals surface area (Å²) in [5, 5.41) is 21.5. The van der Waals surface area contributed by atoms with Crippen LogP contribution in [0, 0.1) is 12.3 Å². The molecule has 4 N–H and O–H groups in total. The van der Waals surface area contributed by atoms with Crippen molar-refractivity contribution in [1.29, 1.82) is 0 Å². The molecule has 0 aliphatic heterocycles. The smallest absolute Gasteiger partial charge is 0.315 e. The van der Waals surface area contributed by atoms with Crippen molar-refractivity contribution in [3.63, 3.8) is 0 Å². The molecule has 1 fully saturated rings. The highest BCUT2D eigenvalue weighted by molar-refractivity contribution is 5.78. The van der Waals surface area contributed by atoms with Crippen LogP contribution in [0.1, 0.15) is 43.4 Å². The summed E-state index contributed by atoms with van der Waals surface area (Å²) in [6.45, 7) is 2.43. The van der Waals surface area contributed by atoms with Crippen LogP contribution in [0.5, 0.6) is 0 Å². The zero-order valence-electron chi connectivity index (χ0n) is 12.2. The molecule has 0 saturated heterocycles. The van der Waals surface area contributed by atoms with Gasteiger partial charge in [-0.2, -0.15) is 5.10 Å². The van der Waals surface area contributed by atoms with E-state index in [0.29, 0.717) is 19.4 Å². The van der Waals surface area contributed by atoms with Crippen LogP contribution in [0.15, 0.2) is 6.20 Å². The Hall–Kier alpha value is -2.05. The summed E-state index contributed by atoms with van der Waals surface area (Å²) < 4.78 is 0. The predicted octanol–water partition coefficient (Wildman–Crippen LogP) is 1.55. The average Bonchev–Trinajstić information content (AvgIpc) is 2.89. The van der Waals surface area contributed by atoms with Gasteiger partial charge in [-0.1, -0.05) is 19.3 Å². The van der Waals surface area contributed by atoms with E-state index in [1.54, 1.807) is 6.20 Å². The minimum absolute atomic E-state index is 0.179. The highest BCUT2D eigenvalue weighted by Crippen LogP contribution is 2.35. The van der Waals surface area contributed by atoms with Crippen molar-refractivity contribution in [1.82, 2.24) is 20.8 Å². The van der Waals surface area contributed by atoms with Crippen LogP contribution in [-0.4, -0.2) is 33.8 Å². The number of nitrogens with zero attached hydrogens (tertiary/aromatic N) is 1. The molecule has 1 saturated carbocycles. The van der Waals surface area contributed by atoms with E-state index < -0.39 is 11.4 Å². The third kappa shape index (κ3) is 3.74. The van der Waals surface area contributed by atoms with Crippen molar-refractivity contribution in [3.05, 3.63) is 17.5 Å². The van der Waals surface area contributed by atoms with Gasteiger partial charge in [0.15, 0.2) is 0 Å². The van der Waals surface area contributed by atoms with E-state index >= 15 is 0 Å². The quantitative estimate of drug-likeness (QED) is 0.661. The fraction of sp³-hybridized carbons (Fsp3) is 0.643. The molecule has 1 aliphatic rings. The molecule has 0 atom stereocenters. The van der Waals surface area contributed by atoms with Gasteiger partial charge in [0.05, 0.1) is 11.6 Å². The first-order chi connectivity index (χ1) is 10.0. The van der Waals surface area contributed by atoms with Gasteiger partial charge in [0.25, 0.3) is 0 Å².